The summed E-state index contributed by atoms with van der Waals surface area (Å²) in [6.45, 7) is 1.93. The van der Waals surface area contributed by atoms with E-state index in [1.54, 1.807) is 11.5 Å². The van der Waals surface area contributed by atoms with Gasteiger partial charge in [0.15, 0.2) is 0 Å². The molecule has 3 N–H and O–H groups in total. The predicted molar refractivity (Wildman–Crippen MR) is 42.3 cm³/mol. The summed E-state index contributed by atoms with van der Waals surface area (Å²) in [6.07, 6.45) is 3.62. The van der Waals surface area contributed by atoms with Crippen molar-refractivity contribution in [3.8, 4) is 0 Å². The van der Waals surface area contributed by atoms with E-state index in [-0.39, 0.29) is 0 Å². The standard InChI is InChI=1S/C6H9NOS/c1-5-2-3-6(7)9(8)4-5/h2-4,8H,7H2,1H3. The summed E-state index contributed by atoms with van der Waals surface area (Å²) in [7, 11) is -0.819. The van der Waals surface area contributed by atoms with Crippen molar-refractivity contribution in [3.63, 3.8) is 0 Å². The van der Waals surface area contributed by atoms with E-state index >= 15 is 0 Å². The molecule has 0 bridgehead atoms. The fraction of sp³-hybridized carbons (Fsp3) is 0.167. The van der Waals surface area contributed by atoms with Gasteiger partial charge in [0.05, 0.1) is 4.99 Å². The number of hydrogen-bond acceptors (Lipinski definition) is 2. The van der Waals surface area contributed by atoms with Gasteiger partial charge in [-0.2, -0.15) is 0 Å². The van der Waals surface area contributed by atoms with Crippen molar-refractivity contribution >= 4 is 15.8 Å². The van der Waals surface area contributed by atoms with Crippen molar-refractivity contribution < 1.29 is 4.55 Å². The molecule has 2 nitrogen and oxygen atoms in total. The first kappa shape index (κ1) is 6.74. The van der Waals surface area contributed by atoms with E-state index < -0.39 is 10.8 Å². The lowest BCUT2D eigenvalue weighted by Gasteiger charge is -2.03. The average molecular weight is 143 g/mol. The van der Waals surface area contributed by atoms with Gasteiger partial charge in [-0.25, -0.2) is 0 Å². The maximum absolute atomic E-state index is 9.09. The third kappa shape index (κ3) is 1.51. The zero-order valence-corrected chi connectivity index (χ0v) is 5.98. The molecule has 1 heterocycles. The van der Waals surface area contributed by atoms with Gasteiger partial charge in [0, 0.05) is 0 Å². The van der Waals surface area contributed by atoms with Gasteiger partial charge in [0.2, 0.25) is 0 Å². The fourth-order valence-corrected chi connectivity index (χ4v) is 1.34. The second kappa shape index (κ2) is 2.47. The maximum atomic E-state index is 9.09. The Kier molecular flexibility index (Phi) is 1.85. The summed E-state index contributed by atoms with van der Waals surface area (Å²) in [5.41, 5.74) is 6.45. The first-order chi connectivity index (χ1) is 4.20. The monoisotopic (exact) mass is 143 g/mol. The lowest BCUT2D eigenvalue weighted by atomic mass is 10.3. The van der Waals surface area contributed by atoms with Crippen molar-refractivity contribution in [2.24, 2.45) is 5.73 Å². The van der Waals surface area contributed by atoms with Crippen LogP contribution in [0.15, 0.2) is 23.1 Å². The Hall–Kier alpha value is -0.380. The third-order valence-electron chi connectivity index (χ3n) is 1.05. The molecule has 0 aliphatic carbocycles. The van der Waals surface area contributed by atoms with E-state index in [4.69, 9.17) is 10.3 Å². The minimum atomic E-state index is -0.819. The predicted octanol–water partition coefficient (Wildman–Crippen LogP) is 1.29. The molecule has 9 heavy (non-hydrogen) atoms. The second-order valence-electron chi connectivity index (χ2n) is 1.91. The first-order valence-electron chi connectivity index (χ1n) is 2.61. The molecule has 50 valence electrons. The molecule has 0 aromatic heterocycles. The van der Waals surface area contributed by atoms with Crippen molar-refractivity contribution in [1.82, 2.24) is 0 Å². The van der Waals surface area contributed by atoms with Gasteiger partial charge < -0.3 is 4.55 Å². The molecule has 0 fully saturated rings. The molecule has 1 atom stereocenters. The van der Waals surface area contributed by atoms with Crippen LogP contribution in [0.3, 0.4) is 0 Å². The quantitative estimate of drug-likeness (QED) is 0.502. The number of allylic oxidation sites excluding steroid dienone is 2. The molecule has 0 spiro atoms. The molecule has 0 aromatic rings. The van der Waals surface area contributed by atoms with E-state index in [0.717, 1.165) is 5.57 Å². The zero-order valence-electron chi connectivity index (χ0n) is 5.16. The SMILES string of the molecule is CC1=CS(O)=C(N)C=C1. The number of nitrogens with two attached hydrogens (primary N) is 1. The molecule has 1 rings (SSSR count). The van der Waals surface area contributed by atoms with Crippen molar-refractivity contribution in [1.29, 1.82) is 0 Å². The molecule has 3 heteroatoms. The minimum absolute atomic E-state index is 0.542. The lowest BCUT2D eigenvalue weighted by molar-refractivity contribution is 0.667. The maximum Gasteiger partial charge on any atom is 0.0653 e. The summed E-state index contributed by atoms with van der Waals surface area (Å²) >= 11 is 0. The smallest absolute Gasteiger partial charge is 0.0653 e. The molecule has 1 aliphatic rings. The van der Waals surface area contributed by atoms with E-state index in [1.165, 1.54) is 0 Å². The van der Waals surface area contributed by atoms with E-state index in [9.17, 15) is 0 Å². The Morgan fingerprint density at radius 2 is 2.22 bits per heavy atom. The summed E-state index contributed by atoms with van der Waals surface area (Å²) in [6, 6.07) is 0. The summed E-state index contributed by atoms with van der Waals surface area (Å²) < 4.78 is 9.09. The fourth-order valence-electron chi connectivity index (χ4n) is 0.567. The van der Waals surface area contributed by atoms with Gasteiger partial charge in [-0.05, 0) is 34.7 Å². The Bertz CT molecular complexity index is 215. The molecule has 0 saturated carbocycles. The van der Waals surface area contributed by atoms with Gasteiger partial charge >= 0.3 is 0 Å². The van der Waals surface area contributed by atoms with Gasteiger partial charge in [0.25, 0.3) is 0 Å². The van der Waals surface area contributed by atoms with Gasteiger partial charge in [0.1, 0.15) is 0 Å². The van der Waals surface area contributed by atoms with E-state index in [0.29, 0.717) is 4.99 Å². The van der Waals surface area contributed by atoms with Crippen molar-refractivity contribution in [2.45, 2.75) is 6.92 Å². The minimum Gasteiger partial charge on any atom is -0.332 e. The molecule has 1 aliphatic heterocycles. The normalized spacial score (nSPS) is 26.3. The Labute approximate surface area is 56.8 Å². The highest BCUT2D eigenvalue weighted by Gasteiger charge is 1.96. The van der Waals surface area contributed by atoms with Crippen LogP contribution in [0.25, 0.3) is 0 Å². The van der Waals surface area contributed by atoms with Crippen molar-refractivity contribution in [2.75, 3.05) is 0 Å². The first-order valence-corrected chi connectivity index (χ1v) is 3.86. The van der Waals surface area contributed by atoms with Gasteiger partial charge in [-0.15, -0.1) is 0 Å². The van der Waals surface area contributed by atoms with Crippen LogP contribution < -0.4 is 5.73 Å². The van der Waals surface area contributed by atoms with E-state index in [1.807, 2.05) is 13.0 Å². The van der Waals surface area contributed by atoms with Crippen LogP contribution in [0.1, 0.15) is 6.92 Å². The highest BCUT2D eigenvalue weighted by atomic mass is 32.2. The van der Waals surface area contributed by atoms with Crippen LogP contribution in [0.2, 0.25) is 0 Å². The molecule has 0 aromatic carbocycles. The zero-order chi connectivity index (χ0) is 6.85. The van der Waals surface area contributed by atoms with Crippen LogP contribution in [0.4, 0.5) is 0 Å². The largest absolute Gasteiger partial charge is 0.332 e. The molecular weight excluding hydrogens is 134 g/mol. The molecule has 0 radical (unpaired) electrons. The summed E-state index contributed by atoms with van der Waals surface area (Å²) in [5.74, 6) is 0. The summed E-state index contributed by atoms with van der Waals surface area (Å²) in [5, 5.41) is 1.75. The molecular formula is C6H9NOS. The molecule has 1 unspecified atom stereocenters. The Morgan fingerprint density at radius 1 is 1.56 bits per heavy atom. The van der Waals surface area contributed by atoms with Crippen LogP contribution >= 0.6 is 10.8 Å². The number of hydrogen-bond donors (Lipinski definition) is 2. The van der Waals surface area contributed by atoms with Crippen LogP contribution in [0, 0.1) is 0 Å². The van der Waals surface area contributed by atoms with Crippen LogP contribution in [0.5, 0.6) is 0 Å². The second-order valence-corrected chi connectivity index (χ2v) is 3.25. The highest BCUT2D eigenvalue weighted by Crippen LogP contribution is 2.17. The van der Waals surface area contributed by atoms with Gasteiger partial charge in [-0.3, -0.25) is 5.73 Å². The summed E-state index contributed by atoms with van der Waals surface area (Å²) in [4.78, 5) is 0.542. The highest BCUT2D eigenvalue weighted by molar-refractivity contribution is 8.13. The van der Waals surface area contributed by atoms with E-state index in [2.05, 4.69) is 0 Å². The van der Waals surface area contributed by atoms with Gasteiger partial charge in [-0.1, -0.05) is 6.08 Å². The van der Waals surface area contributed by atoms with Crippen LogP contribution in [-0.2, 0) is 0 Å². The number of rotatable bonds is 0. The Balaban J connectivity index is 3.01. The van der Waals surface area contributed by atoms with Crippen LogP contribution in [-0.4, -0.2) is 9.54 Å². The average Bonchev–Trinajstić information content (AvgIpc) is 1.80. The Morgan fingerprint density at radius 3 is 2.67 bits per heavy atom. The lowest BCUT2D eigenvalue weighted by Crippen LogP contribution is -2.08. The van der Waals surface area contributed by atoms with Crippen molar-refractivity contribution in [3.05, 3.63) is 23.1 Å². The third-order valence-corrected chi connectivity index (χ3v) is 2.26. The molecule has 0 amide bonds. The molecule has 0 saturated heterocycles. The topological polar surface area (TPSA) is 46.2 Å².